The minimum Gasteiger partial charge on any atom is -0.486 e. The number of nitrogens with zero attached hydrogens (tertiary/aromatic N) is 2. The maximum Gasteiger partial charge on any atom is 0.229 e. The van der Waals surface area contributed by atoms with E-state index in [1.54, 1.807) is 42.2 Å². The second-order valence-electron chi connectivity index (χ2n) is 7.14. The van der Waals surface area contributed by atoms with Crippen molar-refractivity contribution in [2.24, 2.45) is 5.92 Å². The van der Waals surface area contributed by atoms with E-state index < -0.39 is 5.92 Å². The van der Waals surface area contributed by atoms with E-state index in [4.69, 9.17) is 13.9 Å². The van der Waals surface area contributed by atoms with E-state index >= 15 is 0 Å². The number of rotatable bonds is 3. The van der Waals surface area contributed by atoms with Crippen molar-refractivity contribution in [3.63, 3.8) is 0 Å². The summed E-state index contributed by atoms with van der Waals surface area (Å²) in [6, 6.07) is 10.7. The van der Waals surface area contributed by atoms with Gasteiger partial charge in [-0.3, -0.25) is 9.59 Å². The van der Waals surface area contributed by atoms with Crippen LogP contribution in [0.3, 0.4) is 0 Å². The lowest BCUT2D eigenvalue weighted by Crippen LogP contribution is -2.28. The molecule has 1 saturated heterocycles. The third-order valence-corrected chi connectivity index (χ3v) is 5.10. The summed E-state index contributed by atoms with van der Waals surface area (Å²) in [5.41, 5.74) is 2.68. The van der Waals surface area contributed by atoms with Gasteiger partial charge >= 0.3 is 0 Å². The molecule has 8 nitrogen and oxygen atoms in total. The Balaban J connectivity index is 1.30. The molecule has 3 heterocycles. The molecule has 1 fully saturated rings. The van der Waals surface area contributed by atoms with Gasteiger partial charge in [0.15, 0.2) is 23.0 Å². The number of hydrogen-bond donors (Lipinski definition) is 1. The van der Waals surface area contributed by atoms with Gasteiger partial charge in [0.1, 0.15) is 18.7 Å². The van der Waals surface area contributed by atoms with E-state index in [9.17, 15) is 9.59 Å². The summed E-state index contributed by atoms with van der Waals surface area (Å²) in [5.74, 6) is 1.12. The second-order valence-corrected chi connectivity index (χ2v) is 7.14. The van der Waals surface area contributed by atoms with Crippen LogP contribution in [0, 0.1) is 12.8 Å². The molecule has 5 rings (SSSR count). The summed E-state index contributed by atoms with van der Waals surface area (Å²) in [7, 11) is 0. The number of aromatic nitrogens is 1. The molecule has 148 valence electrons. The third kappa shape index (κ3) is 3.26. The maximum absolute atomic E-state index is 12.7. The quantitative estimate of drug-likeness (QED) is 0.735. The molecule has 0 spiro atoms. The zero-order valence-corrected chi connectivity index (χ0v) is 15.8. The standard InChI is InChI=1S/C21H19N3O5/c1-12-22-16-9-14(2-4-17(16)29-12)23-21(26)13-8-20(25)24(11-13)15-3-5-18-19(10-15)28-7-6-27-18/h2-5,9-10,13H,6-8,11H2,1H3,(H,23,26). The summed E-state index contributed by atoms with van der Waals surface area (Å²) in [4.78, 5) is 31.2. The third-order valence-electron chi connectivity index (χ3n) is 5.10. The van der Waals surface area contributed by atoms with Gasteiger partial charge in [-0.1, -0.05) is 0 Å². The fraction of sp³-hybridized carbons (Fsp3) is 0.286. The summed E-state index contributed by atoms with van der Waals surface area (Å²) in [6.07, 6.45) is 0.158. The Morgan fingerprint density at radius 2 is 1.97 bits per heavy atom. The van der Waals surface area contributed by atoms with E-state index in [1.165, 1.54) is 0 Å². The van der Waals surface area contributed by atoms with Crippen LogP contribution in [0.2, 0.25) is 0 Å². The van der Waals surface area contributed by atoms with Gasteiger partial charge in [0, 0.05) is 37.3 Å². The number of nitrogens with one attached hydrogen (secondary N) is 1. The Labute approximate surface area is 166 Å². The first kappa shape index (κ1) is 17.5. The number of oxazole rings is 1. The minimum atomic E-state index is -0.439. The Bertz CT molecular complexity index is 1120. The molecule has 8 heteroatoms. The lowest BCUT2D eigenvalue weighted by atomic mass is 10.1. The van der Waals surface area contributed by atoms with Gasteiger partial charge in [0.25, 0.3) is 0 Å². The lowest BCUT2D eigenvalue weighted by Gasteiger charge is -2.22. The van der Waals surface area contributed by atoms with Gasteiger partial charge in [0.2, 0.25) is 11.8 Å². The van der Waals surface area contributed by atoms with Crippen molar-refractivity contribution in [1.29, 1.82) is 0 Å². The molecule has 1 unspecified atom stereocenters. The van der Waals surface area contributed by atoms with Crippen molar-refractivity contribution in [1.82, 2.24) is 4.98 Å². The highest BCUT2D eigenvalue weighted by Crippen LogP contribution is 2.36. The average molecular weight is 393 g/mol. The van der Waals surface area contributed by atoms with Crippen LogP contribution in [0.4, 0.5) is 11.4 Å². The van der Waals surface area contributed by atoms with Gasteiger partial charge in [0.05, 0.1) is 5.92 Å². The van der Waals surface area contributed by atoms with Gasteiger partial charge in [-0.25, -0.2) is 4.98 Å². The van der Waals surface area contributed by atoms with Crippen LogP contribution in [0.15, 0.2) is 40.8 Å². The molecule has 0 radical (unpaired) electrons. The van der Waals surface area contributed by atoms with Gasteiger partial charge < -0.3 is 24.1 Å². The highest BCUT2D eigenvalue weighted by molar-refractivity contribution is 6.04. The van der Waals surface area contributed by atoms with Crippen molar-refractivity contribution < 1.29 is 23.5 Å². The van der Waals surface area contributed by atoms with E-state index in [0.29, 0.717) is 59.6 Å². The monoisotopic (exact) mass is 393 g/mol. The number of anilines is 2. The molecule has 0 bridgehead atoms. The van der Waals surface area contributed by atoms with Crippen LogP contribution in [0.5, 0.6) is 11.5 Å². The number of fused-ring (bicyclic) bond motifs is 2. The lowest BCUT2D eigenvalue weighted by molar-refractivity contribution is -0.122. The molecule has 2 aliphatic rings. The highest BCUT2D eigenvalue weighted by atomic mass is 16.6. The first-order valence-corrected chi connectivity index (χ1v) is 9.45. The van der Waals surface area contributed by atoms with Gasteiger partial charge in [-0.05, 0) is 30.3 Å². The molecule has 3 aromatic rings. The summed E-state index contributed by atoms with van der Waals surface area (Å²) >= 11 is 0. The number of hydrogen-bond acceptors (Lipinski definition) is 6. The molecule has 0 saturated carbocycles. The number of aryl methyl sites for hydroxylation is 1. The Morgan fingerprint density at radius 1 is 1.14 bits per heavy atom. The van der Waals surface area contributed by atoms with E-state index in [0.717, 1.165) is 0 Å². The van der Waals surface area contributed by atoms with Crippen LogP contribution in [-0.2, 0) is 9.59 Å². The van der Waals surface area contributed by atoms with Crippen molar-refractivity contribution in [3.8, 4) is 11.5 Å². The molecule has 0 aliphatic carbocycles. The zero-order valence-electron chi connectivity index (χ0n) is 15.8. The van der Waals surface area contributed by atoms with Crippen LogP contribution in [0.25, 0.3) is 11.1 Å². The molecule has 29 heavy (non-hydrogen) atoms. The molecule has 1 N–H and O–H groups in total. The molecule has 2 amide bonds. The topological polar surface area (TPSA) is 93.9 Å². The van der Waals surface area contributed by atoms with E-state index in [2.05, 4.69) is 10.3 Å². The highest BCUT2D eigenvalue weighted by Gasteiger charge is 2.35. The van der Waals surface area contributed by atoms with Crippen molar-refractivity contribution in [3.05, 3.63) is 42.3 Å². The van der Waals surface area contributed by atoms with Crippen molar-refractivity contribution in [2.45, 2.75) is 13.3 Å². The Hall–Kier alpha value is -3.55. The number of amides is 2. The molecule has 2 aliphatic heterocycles. The van der Waals surface area contributed by atoms with Crippen molar-refractivity contribution in [2.75, 3.05) is 30.0 Å². The summed E-state index contributed by atoms with van der Waals surface area (Å²) in [6.45, 7) is 3.08. The first-order chi connectivity index (χ1) is 14.1. The largest absolute Gasteiger partial charge is 0.486 e. The minimum absolute atomic E-state index is 0.0931. The average Bonchev–Trinajstić information content (AvgIpc) is 3.29. The van der Waals surface area contributed by atoms with Crippen molar-refractivity contribution >= 4 is 34.3 Å². The number of carbonyl (C=O) groups excluding carboxylic acids is 2. The van der Waals surface area contributed by atoms with Crippen LogP contribution in [-0.4, -0.2) is 36.6 Å². The summed E-state index contributed by atoms with van der Waals surface area (Å²) in [5, 5.41) is 2.88. The Kier molecular flexibility index (Phi) is 4.12. The molecular formula is C21H19N3O5. The molecule has 1 aromatic heterocycles. The van der Waals surface area contributed by atoms with Crippen LogP contribution in [0.1, 0.15) is 12.3 Å². The van der Waals surface area contributed by atoms with E-state index in [-0.39, 0.29) is 18.2 Å². The molecule has 2 aromatic carbocycles. The summed E-state index contributed by atoms with van der Waals surface area (Å²) < 4.78 is 16.6. The smallest absolute Gasteiger partial charge is 0.229 e. The predicted octanol–water partition coefficient (Wildman–Crippen LogP) is 2.90. The van der Waals surface area contributed by atoms with E-state index in [1.807, 2.05) is 6.07 Å². The predicted molar refractivity (Wildman–Crippen MR) is 105 cm³/mol. The van der Waals surface area contributed by atoms with Gasteiger partial charge in [-0.15, -0.1) is 0 Å². The molecule has 1 atom stereocenters. The SMILES string of the molecule is Cc1nc2cc(NC(=O)C3CC(=O)N(c4ccc5c(c4)OCCO5)C3)ccc2o1. The fourth-order valence-electron chi connectivity index (χ4n) is 3.70. The number of carbonyl (C=O) groups is 2. The fourth-order valence-corrected chi connectivity index (χ4v) is 3.70. The van der Waals surface area contributed by atoms with Gasteiger partial charge in [-0.2, -0.15) is 0 Å². The first-order valence-electron chi connectivity index (χ1n) is 9.45. The molecular weight excluding hydrogens is 374 g/mol. The number of benzene rings is 2. The normalized spacial score (nSPS) is 18.3. The van der Waals surface area contributed by atoms with Crippen LogP contribution >= 0.6 is 0 Å². The second kappa shape index (κ2) is 6.80. The number of ether oxygens (including phenoxy) is 2. The Morgan fingerprint density at radius 3 is 2.83 bits per heavy atom. The van der Waals surface area contributed by atoms with Crippen LogP contribution < -0.4 is 19.7 Å². The zero-order chi connectivity index (χ0) is 20.0. The maximum atomic E-state index is 12.7.